The molecule has 0 radical (unpaired) electrons. The third-order valence-electron chi connectivity index (χ3n) is 4.06. The summed E-state index contributed by atoms with van der Waals surface area (Å²) >= 11 is 0. The molecule has 0 atom stereocenters. The molecule has 1 heteroatoms. The number of unbranched alkanes of at least 4 members (excludes halogenated alkanes) is 10. The van der Waals surface area contributed by atoms with Crippen LogP contribution in [-0.4, -0.2) is 12.1 Å². The van der Waals surface area contributed by atoms with Gasteiger partial charge >= 0.3 is 0 Å². The van der Waals surface area contributed by atoms with Crippen LogP contribution in [0.1, 0.15) is 105 Å². The monoisotopic (exact) mass is 269 g/mol. The van der Waals surface area contributed by atoms with Crippen molar-refractivity contribution in [1.82, 2.24) is 5.32 Å². The largest absolute Gasteiger partial charge is 0.312 e. The number of rotatable bonds is 14. The molecule has 0 amide bonds. The fraction of sp³-hybridized carbons (Fsp3) is 1.00. The van der Waals surface area contributed by atoms with E-state index in [0.717, 1.165) is 6.54 Å². The minimum absolute atomic E-state index is 0.341. The van der Waals surface area contributed by atoms with Gasteiger partial charge in [-0.1, -0.05) is 84.5 Å². The van der Waals surface area contributed by atoms with E-state index in [4.69, 9.17) is 0 Å². The second kappa shape index (κ2) is 13.0. The maximum Gasteiger partial charge on any atom is 0.0125 e. The zero-order valence-corrected chi connectivity index (χ0v) is 14.2. The summed E-state index contributed by atoms with van der Waals surface area (Å²) in [6, 6.07) is 0. The van der Waals surface area contributed by atoms with Crippen LogP contribution in [0.2, 0.25) is 0 Å². The lowest BCUT2D eigenvalue weighted by Gasteiger charge is -2.25. The Morgan fingerprint density at radius 1 is 0.632 bits per heavy atom. The number of nitrogens with one attached hydrogen (secondary N) is 1. The van der Waals surface area contributed by atoms with Crippen molar-refractivity contribution < 1.29 is 0 Å². The zero-order valence-electron chi connectivity index (χ0n) is 14.2. The van der Waals surface area contributed by atoms with Gasteiger partial charge in [0.15, 0.2) is 0 Å². The van der Waals surface area contributed by atoms with Crippen LogP contribution in [0, 0.1) is 0 Å². The summed E-state index contributed by atoms with van der Waals surface area (Å²) in [6.45, 7) is 10.2. The first-order valence-corrected chi connectivity index (χ1v) is 8.87. The Bertz CT molecular complexity index is 175. The Labute approximate surface area is 122 Å². The molecule has 0 fully saturated rings. The van der Waals surface area contributed by atoms with Gasteiger partial charge in [-0.15, -0.1) is 0 Å². The summed E-state index contributed by atoms with van der Waals surface area (Å²) in [7, 11) is 0. The second-order valence-electron chi connectivity index (χ2n) is 6.70. The quantitative estimate of drug-likeness (QED) is 0.377. The number of hydrogen-bond acceptors (Lipinski definition) is 1. The summed E-state index contributed by atoms with van der Waals surface area (Å²) in [6.07, 6.45) is 17.1. The lowest BCUT2D eigenvalue weighted by molar-refractivity contribution is 0.354. The Balaban J connectivity index is 3.14. The minimum Gasteiger partial charge on any atom is -0.312 e. The summed E-state index contributed by atoms with van der Waals surface area (Å²) < 4.78 is 0. The van der Waals surface area contributed by atoms with Crippen molar-refractivity contribution in [2.75, 3.05) is 6.54 Å². The molecule has 116 valence electrons. The van der Waals surface area contributed by atoms with Gasteiger partial charge in [-0.2, -0.15) is 0 Å². The fourth-order valence-corrected chi connectivity index (χ4v) is 2.80. The highest BCUT2D eigenvalue weighted by Crippen LogP contribution is 2.16. The van der Waals surface area contributed by atoms with E-state index in [-0.39, 0.29) is 0 Å². The van der Waals surface area contributed by atoms with Gasteiger partial charge in [0.25, 0.3) is 0 Å². The summed E-state index contributed by atoms with van der Waals surface area (Å²) in [5.41, 5.74) is 0.341. The Kier molecular flexibility index (Phi) is 12.9. The predicted octanol–water partition coefficient (Wildman–Crippen LogP) is 6.08. The van der Waals surface area contributed by atoms with Crippen molar-refractivity contribution in [1.29, 1.82) is 0 Å². The van der Waals surface area contributed by atoms with Gasteiger partial charge in [0, 0.05) is 5.54 Å². The van der Waals surface area contributed by atoms with E-state index in [1.807, 2.05) is 0 Å². The third-order valence-corrected chi connectivity index (χ3v) is 4.06. The maximum absolute atomic E-state index is 3.56. The molecule has 0 aromatic rings. The van der Waals surface area contributed by atoms with Crippen molar-refractivity contribution in [2.24, 2.45) is 0 Å². The van der Waals surface area contributed by atoms with Gasteiger partial charge in [0.1, 0.15) is 0 Å². The van der Waals surface area contributed by atoms with Gasteiger partial charge in [0.2, 0.25) is 0 Å². The van der Waals surface area contributed by atoms with Crippen molar-refractivity contribution in [3.05, 3.63) is 0 Å². The van der Waals surface area contributed by atoms with Crippen LogP contribution in [0.25, 0.3) is 0 Å². The summed E-state index contributed by atoms with van der Waals surface area (Å²) in [5.74, 6) is 0. The second-order valence-corrected chi connectivity index (χ2v) is 6.70. The zero-order chi connectivity index (χ0) is 14.4. The Hall–Kier alpha value is -0.0400. The molecule has 19 heavy (non-hydrogen) atoms. The van der Waals surface area contributed by atoms with E-state index in [1.165, 1.54) is 77.0 Å². The molecule has 1 N–H and O–H groups in total. The van der Waals surface area contributed by atoms with Crippen LogP contribution in [0.3, 0.4) is 0 Å². The molecular formula is C18H39N. The minimum atomic E-state index is 0.341. The van der Waals surface area contributed by atoms with Gasteiger partial charge in [-0.05, 0) is 26.8 Å². The maximum atomic E-state index is 3.56. The summed E-state index contributed by atoms with van der Waals surface area (Å²) in [5, 5.41) is 3.56. The molecular weight excluding hydrogens is 230 g/mol. The smallest absolute Gasteiger partial charge is 0.0125 e. The molecule has 0 saturated heterocycles. The summed E-state index contributed by atoms with van der Waals surface area (Å²) in [4.78, 5) is 0. The average Bonchev–Trinajstić information content (AvgIpc) is 2.36. The molecule has 0 spiro atoms. The molecule has 0 aromatic heterocycles. The third kappa shape index (κ3) is 14.2. The molecule has 0 aliphatic carbocycles. The van der Waals surface area contributed by atoms with E-state index in [1.54, 1.807) is 0 Å². The molecule has 0 aromatic carbocycles. The standard InChI is InChI=1S/C18H39N/c1-5-7-8-9-10-11-12-13-14-15-16-17-18(3,4)19-6-2/h19H,5-17H2,1-4H3. The van der Waals surface area contributed by atoms with Crippen LogP contribution >= 0.6 is 0 Å². The highest BCUT2D eigenvalue weighted by Gasteiger charge is 2.14. The van der Waals surface area contributed by atoms with E-state index >= 15 is 0 Å². The first-order valence-electron chi connectivity index (χ1n) is 8.87. The van der Waals surface area contributed by atoms with Gasteiger partial charge in [-0.3, -0.25) is 0 Å². The van der Waals surface area contributed by atoms with Gasteiger partial charge < -0.3 is 5.32 Å². The van der Waals surface area contributed by atoms with Gasteiger partial charge in [-0.25, -0.2) is 0 Å². The topological polar surface area (TPSA) is 12.0 Å². The lowest BCUT2D eigenvalue weighted by atomic mass is 9.96. The molecule has 0 unspecified atom stereocenters. The molecule has 0 rings (SSSR count). The normalized spacial score (nSPS) is 12.0. The van der Waals surface area contributed by atoms with Crippen molar-refractivity contribution in [3.63, 3.8) is 0 Å². The Morgan fingerprint density at radius 2 is 1.05 bits per heavy atom. The SMILES string of the molecule is CCCCCCCCCCCCCC(C)(C)NCC. The average molecular weight is 270 g/mol. The molecule has 0 bridgehead atoms. The molecule has 0 heterocycles. The first kappa shape index (κ1) is 19.0. The molecule has 0 aliphatic rings. The van der Waals surface area contributed by atoms with Crippen molar-refractivity contribution in [3.8, 4) is 0 Å². The molecule has 0 aliphatic heterocycles. The van der Waals surface area contributed by atoms with Gasteiger partial charge in [0.05, 0.1) is 0 Å². The number of hydrogen-bond donors (Lipinski definition) is 1. The highest BCUT2D eigenvalue weighted by atomic mass is 14.9. The van der Waals surface area contributed by atoms with E-state index in [2.05, 4.69) is 33.0 Å². The van der Waals surface area contributed by atoms with Crippen LogP contribution in [-0.2, 0) is 0 Å². The van der Waals surface area contributed by atoms with Crippen molar-refractivity contribution in [2.45, 2.75) is 110 Å². The molecule has 0 saturated carbocycles. The van der Waals surface area contributed by atoms with Crippen LogP contribution in [0.15, 0.2) is 0 Å². The lowest BCUT2D eigenvalue weighted by Crippen LogP contribution is -2.38. The van der Waals surface area contributed by atoms with Crippen molar-refractivity contribution >= 4 is 0 Å². The first-order chi connectivity index (χ1) is 9.12. The molecule has 1 nitrogen and oxygen atoms in total. The van der Waals surface area contributed by atoms with E-state index < -0.39 is 0 Å². The van der Waals surface area contributed by atoms with E-state index in [0.29, 0.717) is 5.54 Å². The van der Waals surface area contributed by atoms with Crippen LogP contribution in [0.4, 0.5) is 0 Å². The Morgan fingerprint density at radius 3 is 1.47 bits per heavy atom. The van der Waals surface area contributed by atoms with Crippen LogP contribution in [0.5, 0.6) is 0 Å². The van der Waals surface area contributed by atoms with E-state index in [9.17, 15) is 0 Å². The van der Waals surface area contributed by atoms with Crippen LogP contribution < -0.4 is 5.32 Å². The highest BCUT2D eigenvalue weighted by molar-refractivity contribution is 4.76. The predicted molar refractivity (Wildman–Crippen MR) is 88.8 cm³/mol. The fourth-order valence-electron chi connectivity index (χ4n) is 2.80.